The molecule has 0 bridgehead atoms. The summed E-state index contributed by atoms with van der Waals surface area (Å²) >= 11 is 0. The zero-order valence-electron chi connectivity index (χ0n) is 10.9. The number of ether oxygens (including phenoxy) is 1. The molecule has 0 saturated carbocycles. The summed E-state index contributed by atoms with van der Waals surface area (Å²) < 4.78 is 6.94. The molecule has 1 aromatic heterocycles. The molecule has 0 aliphatic carbocycles. The highest BCUT2D eigenvalue weighted by Crippen LogP contribution is 2.25. The number of carbonyl (C=O) groups is 1. The van der Waals surface area contributed by atoms with Crippen LogP contribution in [-0.4, -0.2) is 32.8 Å². The van der Waals surface area contributed by atoms with Gasteiger partial charge >= 0.3 is 5.69 Å². The normalized spacial score (nSPS) is 27.0. The third-order valence-corrected chi connectivity index (χ3v) is 3.07. The quantitative estimate of drug-likeness (QED) is 0.801. The first kappa shape index (κ1) is 13.7. The summed E-state index contributed by atoms with van der Waals surface area (Å²) in [6.07, 6.45) is 1.41. The Morgan fingerprint density at radius 1 is 1.58 bits per heavy atom. The lowest BCUT2D eigenvalue weighted by molar-refractivity contribution is -0.139. The van der Waals surface area contributed by atoms with Crippen LogP contribution in [0.3, 0.4) is 0 Å². The summed E-state index contributed by atoms with van der Waals surface area (Å²) in [4.78, 5) is 26.5. The van der Waals surface area contributed by atoms with Crippen molar-refractivity contribution in [2.45, 2.75) is 45.1 Å². The Balaban J connectivity index is 2.17. The molecule has 0 spiro atoms. The Morgan fingerprint density at radius 2 is 2.32 bits per heavy atom. The third-order valence-electron chi connectivity index (χ3n) is 3.07. The summed E-state index contributed by atoms with van der Waals surface area (Å²) in [5, 5.41) is 12.0. The minimum Gasteiger partial charge on any atom is -0.390 e. The average molecular weight is 267 g/mol. The number of carbonyl (C=O) groups excluding carboxylic acids is 1. The molecule has 7 nitrogen and oxygen atoms in total. The van der Waals surface area contributed by atoms with Crippen LogP contribution in [0.4, 0.5) is 5.82 Å². The number of rotatable bonds is 2. The van der Waals surface area contributed by atoms with Crippen LogP contribution in [0, 0.1) is 0 Å². The van der Waals surface area contributed by atoms with Crippen LogP contribution < -0.4 is 11.0 Å². The van der Waals surface area contributed by atoms with Gasteiger partial charge in [-0.2, -0.15) is 4.98 Å². The van der Waals surface area contributed by atoms with Gasteiger partial charge in [-0.05, 0) is 25.8 Å². The molecular weight excluding hydrogens is 250 g/mol. The number of aliphatic hydroxyl groups excluding tert-OH is 1. The Hall–Kier alpha value is -1.73. The molecule has 104 valence electrons. The molecule has 2 rings (SSSR count). The molecule has 19 heavy (non-hydrogen) atoms. The number of aromatic nitrogens is 2. The van der Waals surface area contributed by atoms with E-state index >= 15 is 0 Å². The van der Waals surface area contributed by atoms with Crippen molar-refractivity contribution in [1.29, 1.82) is 0 Å². The molecule has 1 fully saturated rings. The van der Waals surface area contributed by atoms with Gasteiger partial charge in [-0.3, -0.25) is 9.36 Å². The number of hydrogen-bond donors (Lipinski definition) is 2. The van der Waals surface area contributed by atoms with E-state index in [1.54, 1.807) is 13.0 Å². The van der Waals surface area contributed by atoms with Crippen molar-refractivity contribution in [3.63, 3.8) is 0 Å². The standard InChI is InChI=1S/C12H17N3O4/c1-7-9(17)3-4-11(19-7)15-6-5-10(13-8(2)16)14-12(15)18/h5-7,9,11,17H,3-4H2,1-2H3,(H,13,14,16,18)/t7-,9+,11-/m1/s1. The molecule has 1 saturated heterocycles. The molecule has 1 aromatic rings. The van der Waals surface area contributed by atoms with Gasteiger partial charge < -0.3 is 15.2 Å². The minimum absolute atomic E-state index is 0.220. The van der Waals surface area contributed by atoms with E-state index in [0.29, 0.717) is 12.8 Å². The van der Waals surface area contributed by atoms with Gasteiger partial charge in [-0.1, -0.05) is 0 Å². The maximum atomic E-state index is 11.9. The van der Waals surface area contributed by atoms with E-state index in [0.717, 1.165) is 0 Å². The summed E-state index contributed by atoms with van der Waals surface area (Å²) in [6.45, 7) is 3.11. The lowest BCUT2D eigenvalue weighted by atomic mass is 10.1. The van der Waals surface area contributed by atoms with Crippen LogP contribution in [0.5, 0.6) is 0 Å². The Kier molecular flexibility index (Phi) is 3.96. The number of amides is 1. The van der Waals surface area contributed by atoms with Crippen LogP contribution in [0.25, 0.3) is 0 Å². The topological polar surface area (TPSA) is 93.5 Å². The monoisotopic (exact) mass is 267 g/mol. The van der Waals surface area contributed by atoms with E-state index in [1.807, 2.05) is 0 Å². The van der Waals surface area contributed by atoms with Crippen molar-refractivity contribution in [2.75, 3.05) is 5.32 Å². The molecule has 1 aliphatic heterocycles. The van der Waals surface area contributed by atoms with Crippen LogP contribution in [0.2, 0.25) is 0 Å². The fourth-order valence-corrected chi connectivity index (χ4v) is 2.04. The van der Waals surface area contributed by atoms with E-state index in [9.17, 15) is 14.7 Å². The molecule has 1 amide bonds. The highest BCUT2D eigenvalue weighted by atomic mass is 16.5. The highest BCUT2D eigenvalue weighted by molar-refractivity contribution is 5.87. The smallest absolute Gasteiger partial charge is 0.351 e. The van der Waals surface area contributed by atoms with Gasteiger partial charge in [0.05, 0.1) is 12.2 Å². The van der Waals surface area contributed by atoms with Gasteiger partial charge in [0.15, 0.2) is 0 Å². The van der Waals surface area contributed by atoms with Gasteiger partial charge in [0, 0.05) is 13.1 Å². The van der Waals surface area contributed by atoms with Crippen molar-refractivity contribution in [1.82, 2.24) is 9.55 Å². The second-order valence-electron chi connectivity index (χ2n) is 4.62. The van der Waals surface area contributed by atoms with Crippen molar-refractivity contribution >= 4 is 11.7 Å². The molecule has 0 unspecified atom stereocenters. The van der Waals surface area contributed by atoms with E-state index in [2.05, 4.69) is 10.3 Å². The fourth-order valence-electron chi connectivity index (χ4n) is 2.04. The Morgan fingerprint density at radius 3 is 2.89 bits per heavy atom. The summed E-state index contributed by atoms with van der Waals surface area (Å²) in [5.74, 6) is -0.0621. The molecule has 0 aromatic carbocycles. The molecule has 3 atom stereocenters. The number of anilines is 1. The molecule has 2 heterocycles. The lowest BCUT2D eigenvalue weighted by Crippen LogP contribution is -2.38. The summed E-state index contributed by atoms with van der Waals surface area (Å²) in [7, 11) is 0. The van der Waals surface area contributed by atoms with Crippen LogP contribution in [0.1, 0.15) is 32.9 Å². The van der Waals surface area contributed by atoms with Crippen molar-refractivity contribution in [3.8, 4) is 0 Å². The van der Waals surface area contributed by atoms with Crippen LogP contribution in [-0.2, 0) is 9.53 Å². The van der Waals surface area contributed by atoms with E-state index < -0.39 is 18.0 Å². The molecule has 2 N–H and O–H groups in total. The van der Waals surface area contributed by atoms with Crippen LogP contribution >= 0.6 is 0 Å². The largest absolute Gasteiger partial charge is 0.390 e. The number of aliphatic hydroxyl groups is 1. The van der Waals surface area contributed by atoms with Gasteiger partial charge in [0.25, 0.3) is 0 Å². The van der Waals surface area contributed by atoms with Gasteiger partial charge in [0.1, 0.15) is 12.0 Å². The van der Waals surface area contributed by atoms with Crippen molar-refractivity contribution in [3.05, 3.63) is 22.7 Å². The van der Waals surface area contributed by atoms with Gasteiger partial charge in [0.2, 0.25) is 5.91 Å². The number of hydrogen-bond acceptors (Lipinski definition) is 5. The summed E-state index contributed by atoms with van der Waals surface area (Å²) in [6, 6.07) is 1.54. The summed E-state index contributed by atoms with van der Waals surface area (Å²) in [5.41, 5.74) is -0.486. The second kappa shape index (κ2) is 5.50. The Bertz CT molecular complexity index is 528. The zero-order chi connectivity index (χ0) is 14.0. The van der Waals surface area contributed by atoms with E-state index in [1.165, 1.54) is 17.7 Å². The first-order chi connectivity index (χ1) is 8.97. The highest BCUT2D eigenvalue weighted by Gasteiger charge is 2.28. The SMILES string of the molecule is CC(=O)Nc1ccn([C@H]2CC[C@H](O)[C@@H](C)O2)c(=O)n1. The van der Waals surface area contributed by atoms with E-state index in [4.69, 9.17) is 4.74 Å². The first-order valence-electron chi connectivity index (χ1n) is 6.17. The van der Waals surface area contributed by atoms with Crippen LogP contribution in [0.15, 0.2) is 17.1 Å². The zero-order valence-corrected chi connectivity index (χ0v) is 10.9. The number of nitrogens with zero attached hydrogens (tertiary/aromatic N) is 2. The average Bonchev–Trinajstić information content (AvgIpc) is 2.32. The lowest BCUT2D eigenvalue weighted by Gasteiger charge is -2.32. The molecule has 0 radical (unpaired) electrons. The maximum absolute atomic E-state index is 11.9. The minimum atomic E-state index is -0.501. The van der Waals surface area contributed by atoms with Crippen molar-refractivity contribution < 1.29 is 14.6 Å². The van der Waals surface area contributed by atoms with Gasteiger partial charge in [-0.25, -0.2) is 4.79 Å². The fraction of sp³-hybridized carbons (Fsp3) is 0.583. The predicted octanol–water partition coefficient (Wildman–Crippen LogP) is 0.260. The van der Waals surface area contributed by atoms with Gasteiger partial charge in [-0.15, -0.1) is 0 Å². The van der Waals surface area contributed by atoms with Crippen molar-refractivity contribution in [2.24, 2.45) is 0 Å². The molecule has 7 heteroatoms. The molecular formula is C12H17N3O4. The predicted molar refractivity (Wildman–Crippen MR) is 67.6 cm³/mol. The second-order valence-corrected chi connectivity index (χ2v) is 4.62. The Labute approximate surface area is 110 Å². The maximum Gasteiger partial charge on any atom is 0.351 e. The molecule has 1 aliphatic rings. The third kappa shape index (κ3) is 3.18. The number of nitrogens with one attached hydrogen (secondary N) is 1. The first-order valence-corrected chi connectivity index (χ1v) is 6.17. The van der Waals surface area contributed by atoms with E-state index in [-0.39, 0.29) is 17.8 Å².